The number of rotatable bonds is 4. The minimum Gasteiger partial charge on any atom is -0.493 e. The van der Waals surface area contributed by atoms with Crippen molar-refractivity contribution < 1.29 is 18.7 Å². The molecule has 29 heavy (non-hydrogen) atoms. The summed E-state index contributed by atoms with van der Waals surface area (Å²) >= 11 is 1.36. The van der Waals surface area contributed by atoms with Gasteiger partial charge in [0.05, 0.1) is 7.11 Å². The van der Waals surface area contributed by atoms with E-state index in [-0.39, 0.29) is 23.3 Å². The minimum absolute atomic E-state index is 0.0172. The van der Waals surface area contributed by atoms with Gasteiger partial charge in [-0.2, -0.15) is 0 Å². The van der Waals surface area contributed by atoms with Gasteiger partial charge in [0.15, 0.2) is 16.5 Å². The molecule has 1 N–H and O–H groups in total. The van der Waals surface area contributed by atoms with Crippen molar-refractivity contribution in [3.05, 3.63) is 51.8 Å². The molecule has 1 fully saturated rings. The predicted molar refractivity (Wildman–Crippen MR) is 108 cm³/mol. The fraction of sp³-hybridized carbons (Fsp3) is 0.300. The molecule has 1 saturated heterocycles. The van der Waals surface area contributed by atoms with Crippen LogP contribution in [-0.2, 0) is 4.79 Å². The summed E-state index contributed by atoms with van der Waals surface area (Å²) in [6.45, 7) is 0.786. The molecule has 0 unspecified atom stereocenters. The summed E-state index contributed by atoms with van der Waals surface area (Å²) in [5.41, 5.74) is -0.402. The number of amides is 2. The number of para-hydroxylation sites is 1. The monoisotopic (exact) mass is 413 g/mol. The minimum atomic E-state index is -0.698. The molecule has 2 amide bonds. The Morgan fingerprint density at radius 3 is 2.79 bits per heavy atom. The maximum absolute atomic E-state index is 12.9. The van der Waals surface area contributed by atoms with Gasteiger partial charge in [-0.3, -0.25) is 9.59 Å². The van der Waals surface area contributed by atoms with E-state index in [1.165, 1.54) is 24.5 Å². The fourth-order valence-corrected chi connectivity index (χ4v) is 3.97. The Bertz CT molecular complexity index is 1100. The van der Waals surface area contributed by atoms with Crippen LogP contribution < -0.4 is 15.7 Å². The van der Waals surface area contributed by atoms with Gasteiger partial charge in [-0.05, 0) is 25.0 Å². The van der Waals surface area contributed by atoms with E-state index in [1.807, 2.05) is 0 Å². The zero-order chi connectivity index (χ0) is 20.4. The van der Waals surface area contributed by atoms with Gasteiger partial charge in [0, 0.05) is 36.0 Å². The van der Waals surface area contributed by atoms with Gasteiger partial charge >= 0.3 is 5.63 Å². The second-order valence-corrected chi connectivity index (χ2v) is 7.61. The Labute approximate surface area is 170 Å². The number of ether oxygens (including phenoxy) is 1. The van der Waals surface area contributed by atoms with Crippen LogP contribution in [0.1, 0.15) is 23.2 Å². The van der Waals surface area contributed by atoms with E-state index in [0.29, 0.717) is 47.8 Å². The lowest BCUT2D eigenvalue weighted by atomic mass is 9.95. The number of methoxy groups -OCH3 is 1. The molecule has 0 atom stereocenters. The van der Waals surface area contributed by atoms with Crippen LogP contribution in [0.25, 0.3) is 11.0 Å². The fourth-order valence-electron chi connectivity index (χ4n) is 3.44. The normalized spacial score (nSPS) is 14.7. The lowest BCUT2D eigenvalue weighted by Crippen LogP contribution is -2.42. The van der Waals surface area contributed by atoms with Gasteiger partial charge in [0.2, 0.25) is 5.91 Å². The number of aromatic nitrogens is 1. The third kappa shape index (κ3) is 3.86. The number of carbonyl (C=O) groups excluding carboxylic acids is 2. The Hall–Kier alpha value is -3.20. The maximum Gasteiger partial charge on any atom is 0.349 e. The molecule has 3 heterocycles. The molecule has 0 saturated carbocycles. The lowest BCUT2D eigenvalue weighted by molar-refractivity contribution is -0.121. The number of carbonyl (C=O) groups is 2. The highest BCUT2D eigenvalue weighted by molar-refractivity contribution is 7.13. The highest BCUT2D eigenvalue weighted by Crippen LogP contribution is 2.26. The number of nitrogens with zero attached hydrogens (tertiary/aromatic N) is 2. The van der Waals surface area contributed by atoms with Gasteiger partial charge in [-0.25, -0.2) is 9.78 Å². The molecule has 150 valence electrons. The van der Waals surface area contributed by atoms with Crippen LogP contribution >= 0.6 is 11.3 Å². The van der Waals surface area contributed by atoms with Crippen molar-refractivity contribution >= 4 is 39.3 Å². The first kappa shape index (κ1) is 19.1. The Kier molecular flexibility index (Phi) is 5.30. The van der Waals surface area contributed by atoms with Crippen molar-refractivity contribution in [2.24, 2.45) is 5.92 Å². The third-order valence-corrected chi connectivity index (χ3v) is 5.68. The molecule has 1 aromatic carbocycles. The highest BCUT2D eigenvalue weighted by atomic mass is 32.1. The molecular formula is C20H19N3O5S. The first-order valence-electron chi connectivity index (χ1n) is 9.17. The average molecular weight is 413 g/mol. The van der Waals surface area contributed by atoms with E-state index in [4.69, 9.17) is 9.15 Å². The Morgan fingerprint density at radius 1 is 1.31 bits per heavy atom. The highest BCUT2D eigenvalue weighted by Gasteiger charge is 2.29. The summed E-state index contributed by atoms with van der Waals surface area (Å²) in [7, 11) is 1.49. The van der Waals surface area contributed by atoms with Gasteiger partial charge in [0.25, 0.3) is 5.91 Å². The van der Waals surface area contributed by atoms with Gasteiger partial charge in [0.1, 0.15) is 5.56 Å². The number of piperidine rings is 1. The van der Waals surface area contributed by atoms with Crippen molar-refractivity contribution in [1.29, 1.82) is 0 Å². The number of hydrogen-bond donors (Lipinski definition) is 1. The molecule has 4 rings (SSSR count). The number of nitrogens with one attached hydrogen (secondary N) is 1. The topological polar surface area (TPSA) is 102 Å². The molecule has 9 heteroatoms. The first-order chi connectivity index (χ1) is 14.1. The third-order valence-electron chi connectivity index (χ3n) is 4.99. The molecule has 2 aromatic heterocycles. The quantitative estimate of drug-likeness (QED) is 0.660. The number of hydrogen-bond acceptors (Lipinski definition) is 7. The van der Waals surface area contributed by atoms with E-state index in [1.54, 1.807) is 34.7 Å². The van der Waals surface area contributed by atoms with Gasteiger partial charge in [-0.1, -0.05) is 12.1 Å². The van der Waals surface area contributed by atoms with E-state index in [9.17, 15) is 14.4 Å². The van der Waals surface area contributed by atoms with Crippen LogP contribution in [0.3, 0.4) is 0 Å². The van der Waals surface area contributed by atoms with E-state index < -0.39 is 5.63 Å². The summed E-state index contributed by atoms with van der Waals surface area (Å²) < 4.78 is 10.5. The van der Waals surface area contributed by atoms with Crippen molar-refractivity contribution in [1.82, 2.24) is 9.88 Å². The summed E-state index contributed by atoms with van der Waals surface area (Å²) in [5.74, 6) is -0.238. The average Bonchev–Trinajstić information content (AvgIpc) is 3.25. The van der Waals surface area contributed by atoms with Crippen LogP contribution in [0.15, 0.2) is 45.1 Å². The van der Waals surface area contributed by atoms with Crippen LogP contribution in [0.2, 0.25) is 0 Å². The zero-order valence-corrected chi connectivity index (χ0v) is 16.5. The molecule has 8 nitrogen and oxygen atoms in total. The smallest absolute Gasteiger partial charge is 0.349 e. The summed E-state index contributed by atoms with van der Waals surface area (Å²) in [6.07, 6.45) is 2.68. The molecule has 3 aromatic rings. The van der Waals surface area contributed by atoms with Gasteiger partial charge in [-0.15, -0.1) is 11.3 Å². The number of anilines is 1. The lowest BCUT2D eigenvalue weighted by Gasteiger charge is -2.31. The molecule has 1 aliphatic heterocycles. The Balaban J connectivity index is 1.46. The SMILES string of the molecule is COc1cccc2cc(C(=O)N3CCC(C(=O)Nc4nccs4)CC3)c(=O)oc12. The number of likely N-dealkylation sites (tertiary alicyclic amines) is 1. The number of fused-ring (bicyclic) bond motifs is 1. The van der Waals surface area contributed by atoms with Crippen molar-refractivity contribution in [2.45, 2.75) is 12.8 Å². The van der Waals surface area contributed by atoms with Crippen molar-refractivity contribution in [3.63, 3.8) is 0 Å². The molecule has 0 bridgehead atoms. The van der Waals surface area contributed by atoms with Crippen LogP contribution in [0, 0.1) is 5.92 Å². The molecule has 0 spiro atoms. The van der Waals surface area contributed by atoms with Crippen LogP contribution in [0.5, 0.6) is 5.75 Å². The predicted octanol–water partition coefficient (Wildman–Crippen LogP) is 2.75. The van der Waals surface area contributed by atoms with Crippen molar-refractivity contribution in [2.75, 3.05) is 25.5 Å². The van der Waals surface area contributed by atoms with E-state index >= 15 is 0 Å². The summed E-state index contributed by atoms with van der Waals surface area (Å²) in [6, 6.07) is 6.75. The van der Waals surface area contributed by atoms with E-state index in [0.717, 1.165) is 0 Å². The first-order valence-corrected chi connectivity index (χ1v) is 10.1. The van der Waals surface area contributed by atoms with E-state index in [2.05, 4.69) is 10.3 Å². The molecule has 0 aliphatic carbocycles. The van der Waals surface area contributed by atoms with Crippen LogP contribution in [0.4, 0.5) is 5.13 Å². The largest absolute Gasteiger partial charge is 0.493 e. The van der Waals surface area contributed by atoms with Crippen LogP contribution in [-0.4, -0.2) is 41.9 Å². The second kappa shape index (κ2) is 8.04. The zero-order valence-electron chi connectivity index (χ0n) is 15.7. The number of thiazole rings is 1. The number of benzene rings is 1. The molecule has 0 radical (unpaired) electrons. The summed E-state index contributed by atoms with van der Waals surface area (Å²) in [5, 5.41) is 5.77. The second-order valence-electron chi connectivity index (χ2n) is 6.72. The summed E-state index contributed by atoms with van der Waals surface area (Å²) in [4.78, 5) is 43.3. The molecular weight excluding hydrogens is 394 g/mol. The van der Waals surface area contributed by atoms with Gasteiger partial charge < -0.3 is 19.4 Å². The van der Waals surface area contributed by atoms with Crippen molar-refractivity contribution in [3.8, 4) is 5.75 Å². The Morgan fingerprint density at radius 2 is 2.10 bits per heavy atom. The molecule has 1 aliphatic rings. The maximum atomic E-state index is 12.9. The standard InChI is InChI=1S/C20H19N3O5S/c1-27-15-4-2-3-13-11-14(19(26)28-16(13)15)18(25)23-8-5-12(6-9-23)17(24)22-20-21-7-10-29-20/h2-4,7,10-12H,5-6,8-9H2,1H3,(H,21,22,24).